The Hall–Kier alpha value is -2.13. The predicted molar refractivity (Wildman–Crippen MR) is 87.4 cm³/mol. The molecule has 0 radical (unpaired) electrons. The van der Waals surface area contributed by atoms with Crippen LogP contribution in [0.4, 0.5) is 5.69 Å². The fourth-order valence-corrected chi connectivity index (χ4v) is 3.57. The fourth-order valence-electron chi connectivity index (χ4n) is 2.45. The number of aryl methyl sites for hydroxylation is 2. The van der Waals surface area contributed by atoms with Crippen molar-refractivity contribution in [3.63, 3.8) is 0 Å². The van der Waals surface area contributed by atoms with Crippen molar-refractivity contribution in [1.29, 1.82) is 0 Å². The standard InChI is InChI=1S/C17H15NOS/c1-10-4-3-5-14-16(19)15(11(2)20-17(10)14)12-6-8-13(18)9-7-12/h3-9H,18H2,1-2H3. The molecular formula is C17H15NOS. The van der Waals surface area contributed by atoms with Crippen LogP contribution >= 0.6 is 11.3 Å². The van der Waals surface area contributed by atoms with Gasteiger partial charge in [-0.15, -0.1) is 11.3 Å². The zero-order valence-electron chi connectivity index (χ0n) is 11.4. The number of nitrogens with two attached hydrogens (primary N) is 1. The molecule has 0 unspecified atom stereocenters. The summed E-state index contributed by atoms with van der Waals surface area (Å²) in [5.41, 5.74) is 9.39. The Morgan fingerprint density at radius 3 is 2.40 bits per heavy atom. The van der Waals surface area contributed by atoms with Crippen molar-refractivity contribution in [3.8, 4) is 11.1 Å². The summed E-state index contributed by atoms with van der Waals surface area (Å²) in [6.07, 6.45) is 0. The van der Waals surface area contributed by atoms with Crippen molar-refractivity contribution >= 4 is 27.1 Å². The Balaban J connectivity index is 2.37. The van der Waals surface area contributed by atoms with Crippen LogP contribution in [0.2, 0.25) is 0 Å². The first-order valence-electron chi connectivity index (χ1n) is 6.47. The second kappa shape index (κ2) is 4.76. The van der Waals surface area contributed by atoms with Crippen molar-refractivity contribution in [2.75, 3.05) is 5.73 Å². The van der Waals surface area contributed by atoms with Crippen LogP contribution in [0.5, 0.6) is 0 Å². The van der Waals surface area contributed by atoms with Crippen LogP contribution in [-0.2, 0) is 0 Å². The van der Waals surface area contributed by atoms with E-state index in [2.05, 4.69) is 0 Å². The molecule has 1 aromatic heterocycles. The van der Waals surface area contributed by atoms with Gasteiger partial charge in [0, 0.05) is 26.2 Å². The monoisotopic (exact) mass is 281 g/mol. The third-order valence-corrected chi connectivity index (χ3v) is 4.75. The Bertz CT molecular complexity index is 847. The van der Waals surface area contributed by atoms with Crippen LogP contribution in [-0.4, -0.2) is 0 Å². The van der Waals surface area contributed by atoms with Crippen molar-refractivity contribution in [2.24, 2.45) is 0 Å². The van der Waals surface area contributed by atoms with Crippen LogP contribution < -0.4 is 11.2 Å². The molecule has 2 nitrogen and oxygen atoms in total. The first-order chi connectivity index (χ1) is 9.58. The maximum absolute atomic E-state index is 12.8. The molecule has 0 aliphatic heterocycles. The number of fused-ring (bicyclic) bond motifs is 1. The average molecular weight is 281 g/mol. The highest BCUT2D eigenvalue weighted by molar-refractivity contribution is 7.18. The minimum Gasteiger partial charge on any atom is -0.399 e. The highest BCUT2D eigenvalue weighted by Gasteiger charge is 2.12. The van der Waals surface area contributed by atoms with Crippen molar-refractivity contribution < 1.29 is 0 Å². The number of benzene rings is 2. The number of anilines is 1. The van der Waals surface area contributed by atoms with Gasteiger partial charge in [0.1, 0.15) is 0 Å². The second-order valence-corrected chi connectivity index (χ2v) is 6.16. The van der Waals surface area contributed by atoms with Gasteiger partial charge in [0.25, 0.3) is 0 Å². The van der Waals surface area contributed by atoms with Crippen molar-refractivity contribution in [1.82, 2.24) is 0 Å². The Kier molecular flexibility index (Phi) is 3.07. The van der Waals surface area contributed by atoms with Crippen LogP contribution in [0, 0.1) is 13.8 Å². The maximum Gasteiger partial charge on any atom is 0.196 e. The molecular weight excluding hydrogens is 266 g/mol. The predicted octanol–water partition coefficient (Wildman–Crippen LogP) is 4.13. The van der Waals surface area contributed by atoms with Gasteiger partial charge in [0.05, 0.1) is 0 Å². The lowest BCUT2D eigenvalue weighted by Crippen LogP contribution is -2.06. The smallest absolute Gasteiger partial charge is 0.196 e. The fraction of sp³-hybridized carbons (Fsp3) is 0.118. The van der Waals surface area contributed by atoms with Crippen LogP contribution in [0.25, 0.3) is 21.2 Å². The van der Waals surface area contributed by atoms with Gasteiger partial charge >= 0.3 is 0 Å². The topological polar surface area (TPSA) is 43.1 Å². The summed E-state index contributed by atoms with van der Waals surface area (Å²) >= 11 is 1.68. The molecule has 100 valence electrons. The SMILES string of the molecule is Cc1sc2c(C)cccc2c(=O)c1-c1ccc(N)cc1. The summed E-state index contributed by atoms with van der Waals surface area (Å²) in [7, 11) is 0. The van der Waals surface area contributed by atoms with Crippen molar-refractivity contribution in [2.45, 2.75) is 13.8 Å². The van der Waals surface area contributed by atoms with Gasteiger partial charge in [-0.2, -0.15) is 0 Å². The number of hydrogen-bond donors (Lipinski definition) is 1. The zero-order chi connectivity index (χ0) is 14.3. The molecule has 0 aliphatic carbocycles. The summed E-state index contributed by atoms with van der Waals surface area (Å²) < 4.78 is 1.08. The van der Waals surface area contributed by atoms with Crippen LogP contribution in [0.3, 0.4) is 0 Å². The number of hydrogen-bond acceptors (Lipinski definition) is 3. The molecule has 2 N–H and O–H groups in total. The van der Waals surface area contributed by atoms with Crippen LogP contribution in [0.15, 0.2) is 47.3 Å². The summed E-state index contributed by atoms with van der Waals surface area (Å²) in [6.45, 7) is 4.05. The van der Waals surface area contributed by atoms with E-state index >= 15 is 0 Å². The minimum atomic E-state index is 0.102. The first kappa shape index (κ1) is 12.9. The molecule has 3 rings (SSSR count). The Morgan fingerprint density at radius 1 is 1.00 bits per heavy atom. The largest absolute Gasteiger partial charge is 0.399 e. The summed E-state index contributed by atoms with van der Waals surface area (Å²) in [6, 6.07) is 13.4. The average Bonchev–Trinajstić information content (AvgIpc) is 2.42. The molecule has 20 heavy (non-hydrogen) atoms. The van der Waals surface area contributed by atoms with Gasteiger partial charge in [-0.25, -0.2) is 0 Å². The van der Waals surface area contributed by atoms with Gasteiger partial charge in [-0.1, -0.05) is 24.3 Å². The third kappa shape index (κ3) is 2.00. The molecule has 2 aromatic carbocycles. The summed E-state index contributed by atoms with van der Waals surface area (Å²) in [5, 5.41) is 0.799. The normalized spacial score (nSPS) is 10.9. The minimum absolute atomic E-state index is 0.102. The lowest BCUT2D eigenvalue weighted by molar-refractivity contribution is 1.50. The Morgan fingerprint density at radius 2 is 1.70 bits per heavy atom. The highest BCUT2D eigenvalue weighted by atomic mass is 32.1. The Labute approximate surface area is 121 Å². The van der Waals surface area contributed by atoms with Gasteiger partial charge in [0.15, 0.2) is 5.43 Å². The summed E-state index contributed by atoms with van der Waals surface area (Å²) in [4.78, 5) is 13.8. The van der Waals surface area contributed by atoms with Gasteiger partial charge < -0.3 is 5.73 Å². The molecule has 0 bridgehead atoms. The molecule has 0 aliphatic rings. The molecule has 0 saturated carbocycles. The summed E-state index contributed by atoms with van der Waals surface area (Å²) in [5.74, 6) is 0. The van der Waals surface area contributed by atoms with E-state index in [-0.39, 0.29) is 5.43 Å². The van der Waals surface area contributed by atoms with E-state index in [1.165, 1.54) is 0 Å². The van der Waals surface area contributed by atoms with Gasteiger partial charge in [-0.3, -0.25) is 4.79 Å². The second-order valence-electron chi connectivity index (χ2n) is 4.94. The van der Waals surface area contributed by atoms with Crippen LogP contribution in [0.1, 0.15) is 10.4 Å². The highest BCUT2D eigenvalue weighted by Crippen LogP contribution is 2.30. The lowest BCUT2D eigenvalue weighted by atomic mass is 10.0. The number of rotatable bonds is 1. The van der Waals surface area contributed by atoms with E-state index in [1.54, 1.807) is 11.3 Å². The van der Waals surface area contributed by atoms with E-state index in [9.17, 15) is 4.79 Å². The molecule has 0 saturated heterocycles. The molecule has 1 heterocycles. The van der Waals surface area contributed by atoms with E-state index in [0.29, 0.717) is 5.69 Å². The van der Waals surface area contributed by atoms with E-state index < -0.39 is 0 Å². The van der Waals surface area contributed by atoms with Gasteiger partial charge in [0.2, 0.25) is 0 Å². The van der Waals surface area contributed by atoms with E-state index in [0.717, 1.165) is 31.7 Å². The van der Waals surface area contributed by atoms with E-state index in [1.807, 2.05) is 56.3 Å². The molecule has 0 fully saturated rings. The molecule has 3 aromatic rings. The van der Waals surface area contributed by atoms with Crippen molar-refractivity contribution in [3.05, 3.63) is 63.1 Å². The molecule has 0 amide bonds. The maximum atomic E-state index is 12.8. The molecule has 0 spiro atoms. The quantitative estimate of drug-likeness (QED) is 0.682. The third-order valence-electron chi connectivity index (χ3n) is 3.49. The zero-order valence-corrected chi connectivity index (χ0v) is 12.3. The molecule has 3 heteroatoms. The van der Waals surface area contributed by atoms with E-state index in [4.69, 9.17) is 5.73 Å². The lowest BCUT2D eigenvalue weighted by Gasteiger charge is -2.08. The molecule has 0 atom stereocenters. The van der Waals surface area contributed by atoms with Gasteiger partial charge in [-0.05, 0) is 43.2 Å². The number of nitrogen functional groups attached to an aromatic ring is 1. The first-order valence-corrected chi connectivity index (χ1v) is 7.28.